The first kappa shape index (κ1) is 18.3. The van der Waals surface area contributed by atoms with Gasteiger partial charge in [0.2, 0.25) is 0 Å². The highest BCUT2D eigenvalue weighted by Crippen LogP contribution is 2.35. The molecule has 0 saturated heterocycles. The number of amides is 1. The summed E-state index contributed by atoms with van der Waals surface area (Å²) in [6.07, 6.45) is 0.898. The number of ether oxygens (including phenoxy) is 1. The van der Waals surface area contributed by atoms with Crippen LogP contribution in [0.3, 0.4) is 0 Å². The summed E-state index contributed by atoms with van der Waals surface area (Å²) in [5.74, 6) is -1.02. The van der Waals surface area contributed by atoms with Crippen molar-refractivity contribution in [2.75, 3.05) is 25.2 Å². The van der Waals surface area contributed by atoms with E-state index in [1.807, 2.05) is 0 Å². The molecule has 0 radical (unpaired) electrons. The molecule has 0 unspecified atom stereocenters. The smallest absolute Gasteiger partial charge is 0.352 e. The number of nitrogens with zero attached hydrogens (tertiary/aromatic N) is 5. The van der Waals surface area contributed by atoms with Crippen molar-refractivity contribution in [2.24, 2.45) is 12.2 Å². The Morgan fingerprint density at radius 1 is 1.33 bits per heavy atom. The van der Waals surface area contributed by atoms with Gasteiger partial charge in [-0.15, -0.1) is 0 Å². The molecule has 10 nitrogen and oxygen atoms in total. The predicted octanol–water partition coefficient (Wildman–Crippen LogP) is -0.182. The molecule has 0 spiro atoms. The number of anilines is 1. The van der Waals surface area contributed by atoms with Crippen LogP contribution in [0.15, 0.2) is 33.1 Å². The molecule has 0 bridgehead atoms. The summed E-state index contributed by atoms with van der Waals surface area (Å²) < 4.78 is 21.4. The van der Waals surface area contributed by atoms with Gasteiger partial charge in [0.25, 0.3) is 11.5 Å². The highest BCUT2D eigenvalue weighted by atomic mass is 19.1. The second-order valence-electron chi connectivity index (χ2n) is 5.79. The van der Waals surface area contributed by atoms with Gasteiger partial charge < -0.3 is 14.5 Å². The van der Waals surface area contributed by atoms with Crippen LogP contribution in [0.4, 0.5) is 10.1 Å². The second kappa shape index (κ2) is 7.02. The fourth-order valence-corrected chi connectivity index (χ4v) is 2.60. The van der Waals surface area contributed by atoms with Gasteiger partial charge in [0, 0.05) is 13.1 Å². The molecule has 0 fully saturated rings. The molecule has 1 aromatic carbocycles. The lowest BCUT2D eigenvalue weighted by molar-refractivity contribution is -0.121. The number of rotatable bonds is 4. The highest BCUT2D eigenvalue weighted by molar-refractivity contribution is 6.03. The summed E-state index contributed by atoms with van der Waals surface area (Å²) in [4.78, 5) is 42.1. The maximum atomic E-state index is 14.6. The lowest BCUT2D eigenvalue weighted by Crippen LogP contribution is -2.42. The SMILES string of the molecule is CON=C(C)CN1C(=O)COc2cc(F)c(-n3ncc(=O)n(C)c3=O)cc21. The van der Waals surface area contributed by atoms with Gasteiger partial charge >= 0.3 is 5.69 Å². The Morgan fingerprint density at radius 3 is 2.78 bits per heavy atom. The Morgan fingerprint density at radius 2 is 2.07 bits per heavy atom. The summed E-state index contributed by atoms with van der Waals surface area (Å²) in [5, 5.41) is 7.46. The Bertz CT molecular complexity index is 1060. The number of aromatic nitrogens is 3. The van der Waals surface area contributed by atoms with E-state index in [2.05, 4.69) is 10.3 Å². The quantitative estimate of drug-likeness (QED) is 0.540. The number of carbonyl (C=O) groups excluding carboxylic acids is 1. The van der Waals surface area contributed by atoms with Crippen molar-refractivity contribution in [2.45, 2.75) is 6.92 Å². The normalized spacial score (nSPS) is 14.0. The molecule has 142 valence electrons. The number of oxime groups is 1. The van der Waals surface area contributed by atoms with Crippen molar-refractivity contribution >= 4 is 17.3 Å². The van der Waals surface area contributed by atoms with Crippen molar-refractivity contribution in [3.8, 4) is 11.4 Å². The van der Waals surface area contributed by atoms with Gasteiger partial charge in [-0.3, -0.25) is 14.2 Å². The van der Waals surface area contributed by atoms with Crippen molar-refractivity contribution in [1.29, 1.82) is 0 Å². The van der Waals surface area contributed by atoms with Crippen molar-refractivity contribution < 1.29 is 18.8 Å². The van der Waals surface area contributed by atoms with E-state index in [1.54, 1.807) is 6.92 Å². The highest BCUT2D eigenvalue weighted by Gasteiger charge is 2.28. The first-order valence-electron chi connectivity index (χ1n) is 7.82. The standard InChI is InChI=1S/C16H16FN5O5/c1-9(19-26-3)7-21-12-5-11(10(17)4-13(12)27-8-15(21)24)22-16(25)20(2)14(23)6-18-22/h4-6H,7-8H2,1-3H3. The third-order valence-corrected chi connectivity index (χ3v) is 3.92. The molecule has 27 heavy (non-hydrogen) atoms. The maximum Gasteiger partial charge on any atom is 0.352 e. The largest absolute Gasteiger partial charge is 0.481 e. The Hall–Kier alpha value is -3.50. The van der Waals surface area contributed by atoms with Crippen LogP contribution in [0, 0.1) is 5.82 Å². The van der Waals surface area contributed by atoms with Crippen molar-refractivity contribution in [3.05, 3.63) is 45.0 Å². The fraction of sp³-hybridized carbons (Fsp3) is 0.312. The van der Waals surface area contributed by atoms with E-state index < -0.39 is 17.1 Å². The Labute approximate surface area is 152 Å². The van der Waals surface area contributed by atoms with Gasteiger partial charge in [0.05, 0.1) is 17.9 Å². The first-order chi connectivity index (χ1) is 12.8. The number of carbonyl (C=O) groups is 1. The van der Waals surface area contributed by atoms with Gasteiger partial charge in [0.15, 0.2) is 12.4 Å². The molecule has 2 aromatic rings. The molecular formula is C16H16FN5O5. The minimum Gasteiger partial charge on any atom is -0.481 e. The summed E-state index contributed by atoms with van der Waals surface area (Å²) in [6, 6.07) is 2.33. The third-order valence-electron chi connectivity index (χ3n) is 3.92. The van der Waals surface area contributed by atoms with Gasteiger partial charge in [-0.25, -0.2) is 9.18 Å². The van der Waals surface area contributed by atoms with E-state index in [4.69, 9.17) is 9.57 Å². The molecule has 1 aliphatic rings. The van der Waals surface area contributed by atoms with Crippen LogP contribution in [0.2, 0.25) is 0 Å². The van der Waals surface area contributed by atoms with Crippen LogP contribution in [-0.4, -0.2) is 46.2 Å². The zero-order valence-corrected chi connectivity index (χ0v) is 14.8. The van der Waals surface area contributed by atoms with E-state index in [0.717, 1.165) is 21.5 Å². The number of hydrogen-bond acceptors (Lipinski definition) is 7. The Balaban J connectivity index is 2.16. The van der Waals surface area contributed by atoms with Crippen LogP contribution in [0.25, 0.3) is 5.69 Å². The molecule has 3 rings (SSSR count). The summed E-state index contributed by atoms with van der Waals surface area (Å²) in [5.41, 5.74) is -0.925. The second-order valence-corrected chi connectivity index (χ2v) is 5.79. The third kappa shape index (κ3) is 3.30. The predicted molar refractivity (Wildman–Crippen MR) is 93.0 cm³/mol. The summed E-state index contributed by atoms with van der Waals surface area (Å²) >= 11 is 0. The number of halogens is 1. The molecule has 0 saturated carbocycles. The van der Waals surface area contributed by atoms with Crippen molar-refractivity contribution in [3.63, 3.8) is 0 Å². The van der Waals surface area contributed by atoms with Gasteiger partial charge in [-0.2, -0.15) is 9.78 Å². The minimum absolute atomic E-state index is 0.0870. The van der Waals surface area contributed by atoms with Crippen molar-refractivity contribution in [1.82, 2.24) is 14.3 Å². The van der Waals surface area contributed by atoms with E-state index in [0.29, 0.717) is 5.71 Å². The van der Waals surface area contributed by atoms with Crippen LogP contribution in [-0.2, 0) is 16.7 Å². The number of benzene rings is 1. The van der Waals surface area contributed by atoms with Crippen LogP contribution < -0.4 is 20.9 Å². The molecule has 1 aromatic heterocycles. The van der Waals surface area contributed by atoms with Crippen LogP contribution in [0.1, 0.15) is 6.92 Å². The van der Waals surface area contributed by atoms with Gasteiger partial charge in [-0.1, -0.05) is 5.16 Å². The molecule has 0 aliphatic carbocycles. The molecule has 0 atom stereocenters. The molecular weight excluding hydrogens is 361 g/mol. The minimum atomic E-state index is -0.826. The summed E-state index contributed by atoms with van der Waals surface area (Å²) in [7, 11) is 2.63. The van der Waals surface area contributed by atoms with E-state index in [9.17, 15) is 18.8 Å². The molecule has 11 heteroatoms. The Kier molecular flexibility index (Phi) is 4.75. The first-order valence-corrected chi connectivity index (χ1v) is 7.82. The molecule has 2 heterocycles. The van der Waals surface area contributed by atoms with E-state index in [1.165, 1.54) is 25.1 Å². The molecule has 0 N–H and O–H groups in total. The summed E-state index contributed by atoms with van der Waals surface area (Å²) in [6.45, 7) is 1.49. The van der Waals surface area contributed by atoms with E-state index in [-0.39, 0.29) is 36.2 Å². The topological polar surface area (TPSA) is 108 Å². The maximum absolute atomic E-state index is 14.6. The zero-order chi connectivity index (χ0) is 19.7. The number of fused-ring (bicyclic) bond motifs is 1. The molecule has 1 aliphatic heterocycles. The fourth-order valence-electron chi connectivity index (χ4n) is 2.60. The molecule has 1 amide bonds. The van der Waals surface area contributed by atoms with Gasteiger partial charge in [0.1, 0.15) is 24.7 Å². The number of hydrogen-bond donors (Lipinski definition) is 0. The van der Waals surface area contributed by atoms with Gasteiger partial charge in [-0.05, 0) is 13.0 Å². The lowest BCUT2D eigenvalue weighted by Gasteiger charge is -2.29. The van der Waals surface area contributed by atoms with Crippen LogP contribution in [0.5, 0.6) is 5.75 Å². The van der Waals surface area contributed by atoms with E-state index >= 15 is 0 Å². The average molecular weight is 377 g/mol. The lowest BCUT2D eigenvalue weighted by atomic mass is 10.2. The van der Waals surface area contributed by atoms with Crippen LogP contribution >= 0.6 is 0 Å². The zero-order valence-electron chi connectivity index (χ0n) is 14.8. The average Bonchev–Trinajstić information content (AvgIpc) is 2.63. The monoisotopic (exact) mass is 377 g/mol.